The van der Waals surface area contributed by atoms with Crippen LogP contribution in [-0.4, -0.2) is 25.0 Å². The zero-order chi connectivity index (χ0) is 10.2. The van der Waals surface area contributed by atoms with E-state index in [1.165, 1.54) is 0 Å². The first-order valence-electron chi connectivity index (χ1n) is 5.26. The van der Waals surface area contributed by atoms with Crippen LogP contribution in [0.4, 0.5) is 0 Å². The summed E-state index contributed by atoms with van der Waals surface area (Å²) in [5, 5.41) is 6.22. The molecule has 14 heavy (non-hydrogen) atoms. The number of carbonyl (C=O) groups is 1. The summed E-state index contributed by atoms with van der Waals surface area (Å²) in [5.41, 5.74) is 0. The van der Waals surface area contributed by atoms with Crippen LogP contribution in [0.15, 0.2) is 0 Å². The van der Waals surface area contributed by atoms with E-state index in [1.54, 1.807) is 0 Å². The third kappa shape index (κ3) is 4.29. The summed E-state index contributed by atoms with van der Waals surface area (Å²) in [7, 11) is 0. The molecule has 0 unspecified atom stereocenters. The highest BCUT2D eigenvalue weighted by atomic mass is 16.1. The summed E-state index contributed by atoms with van der Waals surface area (Å²) in [6.45, 7) is 1.93. The van der Waals surface area contributed by atoms with E-state index in [0.29, 0.717) is 12.5 Å². The van der Waals surface area contributed by atoms with Crippen molar-refractivity contribution in [1.29, 1.82) is 0 Å². The quantitative estimate of drug-likeness (QED) is 0.498. The lowest BCUT2D eigenvalue weighted by Crippen LogP contribution is -2.35. The maximum absolute atomic E-state index is 11.4. The Morgan fingerprint density at radius 2 is 2.43 bits per heavy atom. The van der Waals surface area contributed by atoms with Crippen LogP contribution in [0.1, 0.15) is 32.1 Å². The van der Waals surface area contributed by atoms with Crippen molar-refractivity contribution in [1.82, 2.24) is 10.6 Å². The molecule has 0 aromatic carbocycles. The summed E-state index contributed by atoms with van der Waals surface area (Å²) in [6.07, 6.45) is 9.41. The van der Waals surface area contributed by atoms with Crippen LogP contribution in [0, 0.1) is 12.3 Å². The summed E-state index contributed by atoms with van der Waals surface area (Å²) >= 11 is 0. The molecule has 0 spiro atoms. The molecule has 78 valence electrons. The lowest BCUT2D eigenvalue weighted by Gasteiger charge is -2.10. The third-order valence-corrected chi connectivity index (χ3v) is 2.40. The fraction of sp³-hybridized carbons (Fsp3) is 0.727. The Morgan fingerprint density at radius 3 is 3.07 bits per heavy atom. The van der Waals surface area contributed by atoms with E-state index < -0.39 is 0 Å². The molecule has 3 nitrogen and oxygen atoms in total. The van der Waals surface area contributed by atoms with Crippen molar-refractivity contribution < 1.29 is 4.79 Å². The van der Waals surface area contributed by atoms with E-state index in [0.717, 1.165) is 38.8 Å². The summed E-state index contributed by atoms with van der Waals surface area (Å²) < 4.78 is 0. The van der Waals surface area contributed by atoms with Gasteiger partial charge in [-0.25, -0.2) is 0 Å². The monoisotopic (exact) mass is 194 g/mol. The first kappa shape index (κ1) is 11.1. The Kier molecular flexibility index (Phi) is 5.09. The van der Waals surface area contributed by atoms with Crippen molar-refractivity contribution in [3.05, 3.63) is 0 Å². The van der Waals surface area contributed by atoms with Crippen LogP contribution >= 0.6 is 0 Å². The second-order valence-corrected chi connectivity index (χ2v) is 3.67. The van der Waals surface area contributed by atoms with Crippen LogP contribution in [0.3, 0.4) is 0 Å². The fourth-order valence-corrected chi connectivity index (χ4v) is 1.59. The number of carbonyl (C=O) groups excluding carboxylic acids is 1. The molecule has 0 radical (unpaired) electrons. The predicted octanol–water partition coefficient (Wildman–Crippen LogP) is 0.658. The molecule has 1 heterocycles. The first-order valence-corrected chi connectivity index (χ1v) is 5.26. The average Bonchev–Trinajstić information content (AvgIpc) is 2.65. The molecular weight excluding hydrogens is 176 g/mol. The standard InChI is InChI=1S/C11H18N2O/c1-2-3-4-5-6-11(14)13-10-7-8-12-9-10/h1,10,12H,3-9H2,(H,13,14)/t10-/m0/s1. The van der Waals surface area contributed by atoms with Crippen LogP contribution < -0.4 is 10.6 Å². The lowest BCUT2D eigenvalue weighted by molar-refractivity contribution is -0.121. The molecule has 1 saturated heterocycles. The van der Waals surface area contributed by atoms with Gasteiger partial charge in [-0.3, -0.25) is 4.79 Å². The molecule has 1 aliphatic rings. The Morgan fingerprint density at radius 1 is 1.57 bits per heavy atom. The van der Waals surface area contributed by atoms with Gasteiger partial charge in [-0.1, -0.05) is 0 Å². The molecule has 1 aliphatic heterocycles. The third-order valence-electron chi connectivity index (χ3n) is 2.40. The molecule has 2 N–H and O–H groups in total. The van der Waals surface area contributed by atoms with Gasteiger partial charge < -0.3 is 10.6 Å². The molecule has 0 aliphatic carbocycles. The highest BCUT2D eigenvalue weighted by Gasteiger charge is 2.15. The van der Waals surface area contributed by atoms with E-state index in [9.17, 15) is 4.79 Å². The largest absolute Gasteiger partial charge is 0.352 e. The molecule has 1 fully saturated rings. The van der Waals surface area contributed by atoms with E-state index in [4.69, 9.17) is 6.42 Å². The minimum absolute atomic E-state index is 0.163. The van der Waals surface area contributed by atoms with Gasteiger partial charge in [-0.2, -0.15) is 0 Å². The van der Waals surface area contributed by atoms with Crippen molar-refractivity contribution in [3.8, 4) is 12.3 Å². The lowest BCUT2D eigenvalue weighted by atomic mass is 10.2. The molecule has 3 heteroatoms. The van der Waals surface area contributed by atoms with Crippen molar-refractivity contribution in [2.75, 3.05) is 13.1 Å². The van der Waals surface area contributed by atoms with E-state index in [2.05, 4.69) is 16.6 Å². The van der Waals surface area contributed by atoms with Gasteiger partial charge in [0.1, 0.15) is 0 Å². The van der Waals surface area contributed by atoms with Gasteiger partial charge in [-0.05, 0) is 25.8 Å². The molecule has 0 bridgehead atoms. The molecule has 0 aromatic heterocycles. The Balaban J connectivity index is 2.01. The molecule has 1 amide bonds. The van der Waals surface area contributed by atoms with Crippen molar-refractivity contribution in [3.63, 3.8) is 0 Å². The molecule has 0 saturated carbocycles. The number of amides is 1. The first-order chi connectivity index (χ1) is 6.83. The molecular formula is C11H18N2O. The maximum Gasteiger partial charge on any atom is 0.220 e. The van der Waals surface area contributed by atoms with E-state index >= 15 is 0 Å². The van der Waals surface area contributed by atoms with Crippen molar-refractivity contribution in [2.24, 2.45) is 0 Å². The Hall–Kier alpha value is -1.01. The summed E-state index contributed by atoms with van der Waals surface area (Å²) in [4.78, 5) is 11.4. The highest BCUT2D eigenvalue weighted by Crippen LogP contribution is 2.01. The Bertz CT molecular complexity index is 214. The van der Waals surface area contributed by atoms with Gasteiger partial charge in [-0.15, -0.1) is 12.3 Å². The Labute approximate surface area is 85.6 Å². The second kappa shape index (κ2) is 6.44. The van der Waals surface area contributed by atoms with Crippen LogP contribution in [0.2, 0.25) is 0 Å². The van der Waals surface area contributed by atoms with Crippen LogP contribution in [0.25, 0.3) is 0 Å². The number of unbranched alkanes of at least 4 members (excludes halogenated alkanes) is 2. The topological polar surface area (TPSA) is 41.1 Å². The predicted molar refractivity (Wildman–Crippen MR) is 56.7 cm³/mol. The number of hydrogen-bond donors (Lipinski definition) is 2. The van der Waals surface area contributed by atoms with E-state index in [-0.39, 0.29) is 5.91 Å². The van der Waals surface area contributed by atoms with Crippen molar-refractivity contribution in [2.45, 2.75) is 38.1 Å². The number of nitrogens with one attached hydrogen (secondary N) is 2. The SMILES string of the molecule is C#CCCCCC(=O)N[C@H]1CCNC1. The van der Waals surface area contributed by atoms with Crippen LogP contribution in [-0.2, 0) is 4.79 Å². The number of terminal acetylenes is 1. The molecule has 1 rings (SSSR count). The molecule has 0 aromatic rings. The zero-order valence-electron chi connectivity index (χ0n) is 8.51. The normalized spacial score (nSPS) is 20.4. The van der Waals surface area contributed by atoms with E-state index in [1.807, 2.05) is 0 Å². The van der Waals surface area contributed by atoms with Crippen LogP contribution in [0.5, 0.6) is 0 Å². The van der Waals surface area contributed by atoms with Gasteiger partial charge in [0, 0.05) is 25.4 Å². The maximum atomic E-state index is 11.4. The highest BCUT2D eigenvalue weighted by molar-refractivity contribution is 5.76. The number of rotatable bonds is 5. The van der Waals surface area contributed by atoms with Gasteiger partial charge in [0.05, 0.1) is 0 Å². The smallest absolute Gasteiger partial charge is 0.220 e. The summed E-state index contributed by atoms with van der Waals surface area (Å²) in [6, 6.07) is 0.343. The summed E-state index contributed by atoms with van der Waals surface area (Å²) in [5.74, 6) is 2.74. The fourth-order valence-electron chi connectivity index (χ4n) is 1.59. The van der Waals surface area contributed by atoms with Gasteiger partial charge in [0.15, 0.2) is 0 Å². The van der Waals surface area contributed by atoms with Gasteiger partial charge in [0.25, 0.3) is 0 Å². The van der Waals surface area contributed by atoms with Gasteiger partial charge >= 0.3 is 0 Å². The zero-order valence-corrected chi connectivity index (χ0v) is 8.51. The molecule has 1 atom stereocenters. The number of hydrogen-bond acceptors (Lipinski definition) is 2. The minimum Gasteiger partial charge on any atom is -0.352 e. The van der Waals surface area contributed by atoms with Gasteiger partial charge in [0.2, 0.25) is 5.91 Å². The second-order valence-electron chi connectivity index (χ2n) is 3.67. The average molecular weight is 194 g/mol. The van der Waals surface area contributed by atoms with Crippen molar-refractivity contribution >= 4 is 5.91 Å². The minimum atomic E-state index is 0.163.